The molecule has 2 rings (SSSR count). The summed E-state index contributed by atoms with van der Waals surface area (Å²) in [5.74, 6) is -0.831. The van der Waals surface area contributed by atoms with Gasteiger partial charge in [-0.1, -0.05) is 12.1 Å². The van der Waals surface area contributed by atoms with Gasteiger partial charge in [-0.25, -0.2) is 17.5 Å². The van der Waals surface area contributed by atoms with E-state index in [0.717, 1.165) is 17.0 Å². The molecule has 0 fully saturated rings. The summed E-state index contributed by atoms with van der Waals surface area (Å²) in [6.45, 7) is 1.39. The summed E-state index contributed by atoms with van der Waals surface area (Å²) in [5.41, 5.74) is 0.350. The van der Waals surface area contributed by atoms with E-state index in [4.69, 9.17) is 5.11 Å². The maximum absolute atomic E-state index is 13.7. The highest BCUT2D eigenvalue weighted by Crippen LogP contribution is 2.18. The van der Waals surface area contributed by atoms with E-state index < -0.39 is 20.7 Å². The minimum absolute atomic E-state index is 0.340. The topological polar surface area (TPSA) is 66.4 Å². The standard InChI is InChI=1S/C14H16FNO3S2/c1-10(7-12-3-2-6-20-12)16-21(18,19)14-8-11(9-17)4-5-13(14)15/h2-6,8,10,16-17H,7,9H2,1H3. The van der Waals surface area contributed by atoms with Gasteiger partial charge in [0, 0.05) is 10.9 Å². The molecule has 7 heteroatoms. The summed E-state index contributed by atoms with van der Waals surface area (Å²) < 4.78 is 40.7. The zero-order chi connectivity index (χ0) is 15.5. The maximum Gasteiger partial charge on any atom is 0.243 e. The largest absolute Gasteiger partial charge is 0.392 e. The molecule has 114 valence electrons. The van der Waals surface area contributed by atoms with Crippen molar-refractivity contribution >= 4 is 21.4 Å². The molecule has 0 aliphatic heterocycles. The van der Waals surface area contributed by atoms with E-state index in [1.165, 1.54) is 6.07 Å². The van der Waals surface area contributed by atoms with Crippen molar-refractivity contribution in [1.29, 1.82) is 0 Å². The Morgan fingerprint density at radius 2 is 2.14 bits per heavy atom. The molecular weight excluding hydrogens is 313 g/mol. The molecule has 1 atom stereocenters. The Morgan fingerprint density at radius 3 is 2.76 bits per heavy atom. The zero-order valence-corrected chi connectivity index (χ0v) is 13.0. The van der Waals surface area contributed by atoms with Gasteiger partial charge in [-0.05, 0) is 42.5 Å². The van der Waals surface area contributed by atoms with Crippen LogP contribution < -0.4 is 4.72 Å². The third kappa shape index (κ3) is 4.10. The molecule has 2 aromatic rings. The van der Waals surface area contributed by atoms with Crippen LogP contribution in [0.4, 0.5) is 4.39 Å². The third-order valence-electron chi connectivity index (χ3n) is 2.91. The summed E-state index contributed by atoms with van der Waals surface area (Å²) in [6.07, 6.45) is 0.540. The molecule has 1 unspecified atom stereocenters. The van der Waals surface area contributed by atoms with Gasteiger partial charge < -0.3 is 5.11 Å². The van der Waals surface area contributed by atoms with Crippen LogP contribution in [0.2, 0.25) is 0 Å². The van der Waals surface area contributed by atoms with Crippen molar-refractivity contribution in [2.75, 3.05) is 0 Å². The molecule has 4 nitrogen and oxygen atoms in total. The molecule has 0 spiro atoms. The number of halogens is 1. The number of thiophene rings is 1. The molecule has 2 N–H and O–H groups in total. The van der Waals surface area contributed by atoms with Gasteiger partial charge in [-0.3, -0.25) is 0 Å². The number of aliphatic hydroxyl groups is 1. The van der Waals surface area contributed by atoms with Crippen LogP contribution >= 0.6 is 11.3 Å². The molecule has 0 aliphatic rings. The quantitative estimate of drug-likeness (QED) is 0.854. The van der Waals surface area contributed by atoms with Gasteiger partial charge in [0.2, 0.25) is 10.0 Å². The highest BCUT2D eigenvalue weighted by Gasteiger charge is 2.22. The smallest absolute Gasteiger partial charge is 0.243 e. The van der Waals surface area contributed by atoms with Crippen molar-refractivity contribution in [3.8, 4) is 0 Å². The van der Waals surface area contributed by atoms with E-state index in [2.05, 4.69) is 4.72 Å². The fraction of sp³-hybridized carbons (Fsp3) is 0.286. The summed E-state index contributed by atoms with van der Waals surface area (Å²) in [7, 11) is -3.96. The van der Waals surface area contributed by atoms with E-state index in [9.17, 15) is 12.8 Å². The zero-order valence-electron chi connectivity index (χ0n) is 11.4. The Morgan fingerprint density at radius 1 is 1.38 bits per heavy atom. The predicted molar refractivity (Wildman–Crippen MR) is 80.1 cm³/mol. The molecule has 1 aromatic carbocycles. The Bertz CT molecular complexity index is 699. The predicted octanol–water partition coefficient (Wildman–Crippen LogP) is 2.29. The second-order valence-corrected chi connectivity index (χ2v) is 7.44. The molecule has 0 saturated heterocycles. The number of nitrogens with one attached hydrogen (secondary N) is 1. The Kier molecular flexibility index (Phi) is 5.10. The van der Waals surface area contributed by atoms with Gasteiger partial charge in [-0.2, -0.15) is 0 Å². The van der Waals surface area contributed by atoms with Crippen LogP contribution in [0.1, 0.15) is 17.4 Å². The van der Waals surface area contributed by atoms with Crippen LogP contribution in [0.5, 0.6) is 0 Å². The van der Waals surface area contributed by atoms with Crippen molar-refractivity contribution < 1.29 is 17.9 Å². The van der Waals surface area contributed by atoms with Gasteiger partial charge in [0.25, 0.3) is 0 Å². The molecular formula is C14H16FNO3S2. The van der Waals surface area contributed by atoms with Crippen molar-refractivity contribution in [1.82, 2.24) is 4.72 Å². The van der Waals surface area contributed by atoms with Crippen LogP contribution in [-0.2, 0) is 23.1 Å². The Balaban J connectivity index is 2.18. The van der Waals surface area contributed by atoms with E-state index in [1.807, 2.05) is 17.5 Å². The lowest BCUT2D eigenvalue weighted by molar-refractivity contribution is 0.281. The van der Waals surface area contributed by atoms with Crippen LogP contribution in [-0.4, -0.2) is 19.6 Å². The third-order valence-corrected chi connectivity index (χ3v) is 5.41. The average Bonchev–Trinajstić information content (AvgIpc) is 2.91. The van der Waals surface area contributed by atoms with Gasteiger partial charge >= 0.3 is 0 Å². The molecule has 0 bridgehead atoms. The Labute approximate surface area is 127 Å². The summed E-state index contributed by atoms with van der Waals surface area (Å²) in [6, 6.07) is 7.00. The first-order valence-electron chi connectivity index (χ1n) is 6.36. The van der Waals surface area contributed by atoms with E-state index in [-0.39, 0.29) is 12.6 Å². The number of aliphatic hydroxyl groups excluding tert-OH is 1. The van der Waals surface area contributed by atoms with Crippen LogP contribution in [0.15, 0.2) is 40.6 Å². The highest BCUT2D eigenvalue weighted by molar-refractivity contribution is 7.89. The number of benzene rings is 1. The molecule has 0 amide bonds. The van der Waals surface area contributed by atoms with Gasteiger partial charge in [0.05, 0.1) is 6.61 Å². The summed E-state index contributed by atoms with van der Waals surface area (Å²) in [4.78, 5) is 0.613. The number of hydrogen-bond donors (Lipinski definition) is 2. The fourth-order valence-electron chi connectivity index (χ4n) is 1.95. The van der Waals surface area contributed by atoms with E-state index in [0.29, 0.717) is 12.0 Å². The first kappa shape index (κ1) is 16.1. The van der Waals surface area contributed by atoms with Gasteiger partial charge in [-0.15, -0.1) is 11.3 Å². The van der Waals surface area contributed by atoms with Crippen molar-refractivity contribution in [3.05, 3.63) is 52.0 Å². The van der Waals surface area contributed by atoms with Crippen LogP contribution in [0.3, 0.4) is 0 Å². The van der Waals surface area contributed by atoms with E-state index in [1.54, 1.807) is 18.3 Å². The lowest BCUT2D eigenvalue weighted by atomic mass is 10.2. The highest BCUT2D eigenvalue weighted by atomic mass is 32.2. The average molecular weight is 329 g/mol. The molecule has 21 heavy (non-hydrogen) atoms. The first-order valence-corrected chi connectivity index (χ1v) is 8.72. The molecule has 0 saturated carbocycles. The van der Waals surface area contributed by atoms with Crippen molar-refractivity contribution in [2.24, 2.45) is 0 Å². The van der Waals surface area contributed by atoms with Crippen molar-refractivity contribution in [2.45, 2.75) is 30.9 Å². The Hall–Kier alpha value is -1.28. The van der Waals surface area contributed by atoms with E-state index >= 15 is 0 Å². The monoisotopic (exact) mass is 329 g/mol. The summed E-state index contributed by atoms with van der Waals surface area (Å²) in [5, 5.41) is 11.0. The normalized spacial score (nSPS) is 13.3. The first-order chi connectivity index (χ1) is 9.92. The SMILES string of the molecule is CC(Cc1cccs1)NS(=O)(=O)c1cc(CO)ccc1F. The minimum Gasteiger partial charge on any atom is -0.392 e. The lowest BCUT2D eigenvalue weighted by Gasteiger charge is -2.14. The van der Waals surface area contributed by atoms with Crippen LogP contribution in [0, 0.1) is 5.82 Å². The molecule has 1 heterocycles. The van der Waals surface area contributed by atoms with Gasteiger partial charge in [0.15, 0.2) is 0 Å². The second-order valence-electron chi connectivity index (χ2n) is 4.73. The number of rotatable bonds is 6. The second kappa shape index (κ2) is 6.65. The van der Waals surface area contributed by atoms with Crippen molar-refractivity contribution in [3.63, 3.8) is 0 Å². The van der Waals surface area contributed by atoms with Crippen LogP contribution in [0.25, 0.3) is 0 Å². The number of sulfonamides is 1. The molecule has 0 aliphatic carbocycles. The summed E-state index contributed by atoms with van der Waals surface area (Å²) >= 11 is 1.54. The number of hydrogen-bond acceptors (Lipinski definition) is 4. The van der Waals surface area contributed by atoms with Gasteiger partial charge in [0.1, 0.15) is 10.7 Å². The lowest BCUT2D eigenvalue weighted by Crippen LogP contribution is -2.34. The molecule has 0 radical (unpaired) electrons. The minimum atomic E-state index is -3.96. The molecule has 1 aromatic heterocycles. The maximum atomic E-state index is 13.7. The fourth-order valence-corrected chi connectivity index (χ4v) is 4.16.